The van der Waals surface area contributed by atoms with Crippen LogP contribution in [-0.2, 0) is 5.41 Å². The summed E-state index contributed by atoms with van der Waals surface area (Å²) >= 11 is 6.32. The van der Waals surface area contributed by atoms with Gasteiger partial charge in [-0.1, -0.05) is 63.1 Å². The van der Waals surface area contributed by atoms with E-state index in [2.05, 4.69) is 62.0 Å². The highest BCUT2D eigenvalue weighted by molar-refractivity contribution is 6.44. The number of hydrogen-bond acceptors (Lipinski definition) is 2. The monoisotopic (exact) mass is 410 g/mol. The van der Waals surface area contributed by atoms with E-state index in [1.54, 1.807) is 13.0 Å². The summed E-state index contributed by atoms with van der Waals surface area (Å²) in [6, 6.07) is 6.78. The number of halogens is 1. The van der Waals surface area contributed by atoms with E-state index < -0.39 is 0 Å². The highest BCUT2D eigenvalue weighted by Gasteiger charge is 2.38. The molecule has 1 aromatic carbocycles. The largest absolute Gasteiger partial charge is 0.296 e. The van der Waals surface area contributed by atoms with Gasteiger partial charge in [0.2, 0.25) is 0 Å². The molecule has 0 spiro atoms. The maximum Gasteiger partial charge on any atom is 0.282 e. The quantitative estimate of drug-likeness (QED) is 0.679. The molecule has 0 saturated carbocycles. The molecule has 0 aliphatic carbocycles. The van der Waals surface area contributed by atoms with Crippen LogP contribution in [0.4, 0.5) is 0 Å². The van der Waals surface area contributed by atoms with Crippen molar-refractivity contribution >= 4 is 22.7 Å². The Morgan fingerprint density at radius 1 is 1.28 bits per heavy atom. The molecule has 29 heavy (non-hydrogen) atoms. The molecule has 1 aromatic heterocycles. The molecule has 4 heteroatoms. The topological polar surface area (TPSA) is 34.9 Å². The summed E-state index contributed by atoms with van der Waals surface area (Å²) in [5.41, 5.74) is 2.99. The van der Waals surface area contributed by atoms with E-state index in [1.165, 1.54) is 24.0 Å². The molecular weight excluding hydrogens is 380 g/mol. The van der Waals surface area contributed by atoms with Crippen LogP contribution in [-0.4, -0.2) is 9.55 Å². The smallest absolute Gasteiger partial charge is 0.282 e. The van der Waals surface area contributed by atoms with Crippen LogP contribution in [0.25, 0.3) is 16.8 Å². The van der Waals surface area contributed by atoms with E-state index in [1.807, 2.05) is 6.08 Å². The second-order valence-corrected chi connectivity index (χ2v) is 9.01. The summed E-state index contributed by atoms with van der Waals surface area (Å²) < 4.78 is 2.11. The fourth-order valence-corrected chi connectivity index (χ4v) is 4.78. The molecule has 0 fully saturated rings. The van der Waals surface area contributed by atoms with E-state index in [0.29, 0.717) is 16.2 Å². The lowest BCUT2D eigenvalue weighted by Crippen LogP contribution is -2.48. The minimum absolute atomic E-state index is 0.284. The minimum Gasteiger partial charge on any atom is -0.296 e. The number of hydrogen-bond donors (Lipinski definition) is 0. The Bertz CT molecular complexity index is 1110. The van der Waals surface area contributed by atoms with Gasteiger partial charge in [-0.3, -0.25) is 9.36 Å². The van der Waals surface area contributed by atoms with Crippen molar-refractivity contribution in [2.45, 2.75) is 71.6 Å². The summed E-state index contributed by atoms with van der Waals surface area (Å²) in [5, 5.41) is 1.65. The molecule has 0 N–H and O–H groups in total. The van der Waals surface area contributed by atoms with Crippen molar-refractivity contribution in [3.8, 4) is 5.69 Å². The van der Waals surface area contributed by atoms with Gasteiger partial charge in [0.15, 0.2) is 0 Å². The zero-order valence-electron chi connectivity index (χ0n) is 18.2. The van der Waals surface area contributed by atoms with Gasteiger partial charge >= 0.3 is 0 Å². The number of fused-ring (bicyclic) bond motifs is 3. The Hall–Kier alpha value is -2.13. The van der Waals surface area contributed by atoms with Crippen molar-refractivity contribution in [3.63, 3.8) is 0 Å². The van der Waals surface area contributed by atoms with E-state index in [0.717, 1.165) is 29.7 Å². The standard InChI is InChI=1S/C25H31ClN2O/c1-7-10-17(11-8-2)18-13-14-19-21(15-18)28-20(12-9-3)22(16(4)26)23(29)27-24(28)25(19,5)6/h9,12-15,17H,3,7-8,10-11H2,1-2,4-6H3/b20-12+,22-16-. The average Bonchev–Trinajstić information content (AvgIpc) is 2.88. The Balaban J connectivity index is 2.42. The molecule has 0 radical (unpaired) electrons. The summed E-state index contributed by atoms with van der Waals surface area (Å²) in [6.45, 7) is 14.3. The molecule has 0 saturated heterocycles. The highest BCUT2D eigenvalue weighted by atomic mass is 35.5. The van der Waals surface area contributed by atoms with Gasteiger partial charge in [-0.15, -0.1) is 0 Å². The van der Waals surface area contributed by atoms with Gasteiger partial charge in [0.05, 0.1) is 21.7 Å². The Morgan fingerprint density at radius 2 is 1.93 bits per heavy atom. The fourth-order valence-electron chi connectivity index (χ4n) is 4.61. The maximum absolute atomic E-state index is 12.8. The van der Waals surface area contributed by atoms with Gasteiger partial charge in [-0.25, -0.2) is 0 Å². The molecule has 3 nitrogen and oxygen atoms in total. The molecule has 1 aliphatic rings. The van der Waals surface area contributed by atoms with E-state index in [4.69, 9.17) is 11.6 Å². The van der Waals surface area contributed by atoms with Crippen LogP contribution in [0.15, 0.2) is 35.6 Å². The number of allylic oxidation sites excluding steroid dienone is 1. The summed E-state index contributed by atoms with van der Waals surface area (Å²) in [4.78, 5) is 17.3. The molecule has 0 unspecified atom stereocenters. The number of benzene rings is 1. The third-order valence-corrected chi connectivity index (χ3v) is 6.18. The van der Waals surface area contributed by atoms with Gasteiger partial charge in [0, 0.05) is 5.03 Å². The average molecular weight is 411 g/mol. The van der Waals surface area contributed by atoms with Gasteiger partial charge < -0.3 is 0 Å². The minimum atomic E-state index is -0.361. The molecule has 3 rings (SSSR count). The Kier molecular flexibility index (Phi) is 6.19. The zero-order chi connectivity index (χ0) is 21.3. The number of aromatic nitrogens is 2. The predicted molar refractivity (Wildman–Crippen MR) is 123 cm³/mol. The van der Waals surface area contributed by atoms with Crippen LogP contribution in [0.1, 0.15) is 83.2 Å². The molecule has 154 valence electrons. The van der Waals surface area contributed by atoms with Crippen molar-refractivity contribution < 1.29 is 0 Å². The molecule has 0 amide bonds. The van der Waals surface area contributed by atoms with E-state index in [-0.39, 0.29) is 11.0 Å². The lowest BCUT2D eigenvalue weighted by Gasteiger charge is -2.20. The zero-order valence-corrected chi connectivity index (χ0v) is 18.9. The lowest BCUT2D eigenvalue weighted by molar-refractivity contribution is 0.560. The predicted octanol–water partition coefficient (Wildman–Crippen LogP) is 4.89. The van der Waals surface area contributed by atoms with Crippen LogP contribution in [0, 0.1) is 0 Å². The summed E-state index contributed by atoms with van der Waals surface area (Å²) in [5.74, 6) is 1.30. The molecule has 1 aliphatic heterocycles. The number of nitrogens with zero attached hydrogens (tertiary/aromatic N) is 2. The second-order valence-electron chi connectivity index (χ2n) is 8.45. The normalized spacial score (nSPS) is 16.0. The van der Waals surface area contributed by atoms with Crippen LogP contribution in [0.2, 0.25) is 0 Å². The van der Waals surface area contributed by atoms with Crippen molar-refractivity contribution in [2.75, 3.05) is 0 Å². The van der Waals surface area contributed by atoms with Crippen LogP contribution >= 0.6 is 11.6 Å². The first-order valence-electron chi connectivity index (χ1n) is 10.5. The van der Waals surface area contributed by atoms with E-state index in [9.17, 15) is 4.79 Å². The number of rotatable bonds is 6. The SMILES string of the molecule is C=C/C=c1\c(=C(/C)Cl)c(=O)nc2n1-c1cc(C(CCC)CCC)ccc1C2(C)C. The van der Waals surface area contributed by atoms with Crippen LogP contribution in [0.5, 0.6) is 0 Å². The van der Waals surface area contributed by atoms with Crippen LogP contribution < -0.4 is 16.1 Å². The van der Waals surface area contributed by atoms with Crippen molar-refractivity contribution in [3.05, 3.63) is 68.7 Å². The summed E-state index contributed by atoms with van der Waals surface area (Å²) in [7, 11) is 0. The van der Waals surface area contributed by atoms with Gasteiger partial charge in [0.1, 0.15) is 5.82 Å². The summed E-state index contributed by atoms with van der Waals surface area (Å²) in [6.07, 6.45) is 8.25. The molecule has 2 aromatic rings. The lowest BCUT2D eigenvalue weighted by atomic mass is 9.83. The molecular formula is C25H31ClN2O. The first kappa shape index (κ1) is 21.6. The first-order valence-corrected chi connectivity index (χ1v) is 10.9. The van der Waals surface area contributed by atoms with Gasteiger partial charge in [-0.2, -0.15) is 4.98 Å². The highest BCUT2D eigenvalue weighted by Crippen LogP contribution is 2.41. The molecule has 2 heterocycles. The van der Waals surface area contributed by atoms with E-state index >= 15 is 0 Å². The van der Waals surface area contributed by atoms with Crippen molar-refractivity contribution in [1.82, 2.24) is 9.55 Å². The first-order chi connectivity index (χ1) is 13.8. The van der Waals surface area contributed by atoms with Gasteiger partial charge in [0.25, 0.3) is 5.56 Å². The maximum atomic E-state index is 12.8. The fraction of sp³-hybridized carbons (Fsp3) is 0.440. The molecule has 0 bridgehead atoms. The Labute approximate surface area is 178 Å². The third kappa shape index (κ3) is 3.61. The Morgan fingerprint density at radius 3 is 2.48 bits per heavy atom. The van der Waals surface area contributed by atoms with Crippen LogP contribution in [0.3, 0.4) is 0 Å². The third-order valence-electron chi connectivity index (χ3n) is 5.99. The van der Waals surface area contributed by atoms with Crippen molar-refractivity contribution in [1.29, 1.82) is 0 Å². The molecule has 0 atom stereocenters. The van der Waals surface area contributed by atoms with Crippen molar-refractivity contribution in [2.24, 2.45) is 0 Å². The second kappa shape index (κ2) is 8.31. The van der Waals surface area contributed by atoms with Gasteiger partial charge in [-0.05, 0) is 62.8 Å².